The fraction of sp³-hybridized carbons (Fsp3) is 0.200. The highest BCUT2D eigenvalue weighted by atomic mass is 32.1. The molecule has 0 aliphatic carbocycles. The fourth-order valence-corrected chi connectivity index (χ4v) is 3.48. The lowest BCUT2D eigenvalue weighted by Crippen LogP contribution is -2.26. The number of carbonyl (C=O) groups excluding carboxylic acids is 1. The van der Waals surface area contributed by atoms with Crippen molar-refractivity contribution in [2.75, 3.05) is 20.8 Å². The van der Waals surface area contributed by atoms with Crippen molar-refractivity contribution in [1.29, 1.82) is 0 Å². The van der Waals surface area contributed by atoms with Crippen LogP contribution < -0.4 is 14.8 Å². The Morgan fingerprint density at radius 2 is 1.96 bits per heavy atom. The van der Waals surface area contributed by atoms with Gasteiger partial charge in [0.25, 0.3) is 5.91 Å². The Bertz CT molecular complexity index is 942. The van der Waals surface area contributed by atoms with Gasteiger partial charge < -0.3 is 14.8 Å². The summed E-state index contributed by atoms with van der Waals surface area (Å²) < 4.78 is 24.3. The van der Waals surface area contributed by atoms with Crippen molar-refractivity contribution in [3.63, 3.8) is 0 Å². The number of methoxy groups -OCH3 is 2. The second-order valence-corrected chi connectivity index (χ2v) is 6.53. The van der Waals surface area contributed by atoms with Crippen LogP contribution in [0.4, 0.5) is 4.39 Å². The van der Waals surface area contributed by atoms with Crippen LogP contribution in [-0.2, 0) is 6.42 Å². The lowest BCUT2D eigenvalue weighted by molar-refractivity contribution is 0.0950. The summed E-state index contributed by atoms with van der Waals surface area (Å²) in [6, 6.07) is 12.0. The first kappa shape index (κ1) is 18.8. The van der Waals surface area contributed by atoms with Crippen molar-refractivity contribution in [3.8, 4) is 22.1 Å². The van der Waals surface area contributed by atoms with Crippen LogP contribution >= 0.6 is 11.3 Å². The molecule has 3 aromatic rings. The lowest BCUT2D eigenvalue weighted by Gasteiger charge is -2.10. The highest BCUT2D eigenvalue weighted by Gasteiger charge is 2.17. The second kappa shape index (κ2) is 8.64. The predicted molar refractivity (Wildman–Crippen MR) is 103 cm³/mol. The monoisotopic (exact) mass is 386 g/mol. The molecule has 0 fully saturated rings. The van der Waals surface area contributed by atoms with Crippen LogP contribution in [0.3, 0.4) is 0 Å². The molecule has 0 aliphatic rings. The maximum atomic E-state index is 13.6. The molecular weight excluding hydrogens is 367 g/mol. The van der Waals surface area contributed by atoms with E-state index in [1.54, 1.807) is 43.9 Å². The van der Waals surface area contributed by atoms with Crippen LogP contribution in [0.15, 0.2) is 47.8 Å². The summed E-state index contributed by atoms with van der Waals surface area (Å²) in [5.41, 5.74) is 1.64. The average molecular weight is 386 g/mol. The molecule has 7 heteroatoms. The molecule has 3 rings (SSSR count). The Morgan fingerprint density at radius 3 is 2.70 bits per heavy atom. The Morgan fingerprint density at radius 1 is 1.15 bits per heavy atom. The molecule has 0 saturated carbocycles. The molecule has 2 aromatic carbocycles. The molecule has 1 heterocycles. The van der Waals surface area contributed by atoms with E-state index in [0.29, 0.717) is 40.7 Å². The highest BCUT2D eigenvalue weighted by Crippen LogP contribution is 2.38. The van der Waals surface area contributed by atoms with Gasteiger partial charge in [0, 0.05) is 11.9 Å². The first-order valence-electron chi connectivity index (χ1n) is 8.32. The molecule has 0 unspecified atom stereocenters. The van der Waals surface area contributed by atoms with E-state index in [2.05, 4.69) is 10.3 Å². The van der Waals surface area contributed by atoms with Crippen molar-refractivity contribution < 1.29 is 18.7 Å². The summed E-state index contributed by atoms with van der Waals surface area (Å²) >= 11 is 1.34. The number of carbonyl (C=O) groups is 1. The van der Waals surface area contributed by atoms with E-state index >= 15 is 0 Å². The van der Waals surface area contributed by atoms with Gasteiger partial charge in [-0.15, -0.1) is 11.3 Å². The number of thiazole rings is 1. The molecule has 27 heavy (non-hydrogen) atoms. The summed E-state index contributed by atoms with van der Waals surface area (Å²) in [7, 11) is 3.13. The van der Waals surface area contributed by atoms with Crippen molar-refractivity contribution in [2.45, 2.75) is 6.42 Å². The lowest BCUT2D eigenvalue weighted by atomic mass is 10.1. The van der Waals surface area contributed by atoms with Crippen LogP contribution in [0.1, 0.15) is 16.1 Å². The highest BCUT2D eigenvalue weighted by molar-refractivity contribution is 7.13. The van der Waals surface area contributed by atoms with Crippen LogP contribution in [0.5, 0.6) is 11.5 Å². The van der Waals surface area contributed by atoms with Gasteiger partial charge in [-0.2, -0.15) is 0 Å². The van der Waals surface area contributed by atoms with Crippen LogP contribution in [0, 0.1) is 5.82 Å². The van der Waals surface area contributed by atoms with E-state index in [1.807, 2.05) is 12.1 Å². The number of amides is 1. The molecule has 0 spiro atoms. The number of nitrogens with one attached hydrogen (secondary N) is 1. The number of hydrogen-bond acceptors (Lipinski definition) is 5. The van der Waals surface area contributed by atoms with Crippen molar-refractivity contribution in [2.24, 2.45) is 0 Å². The van der Waals surface area contributed by atoms with E-state index in [-0.39, 0.29) is 11.7 Å². The van der Waals surface area contributed by atoms with Gasteiger partial charge in [-0.1, -0.05) is 24.3 Å². The first-order chi connectivity index (χ1) is 13.1. The molecule has 0 radical (unpaired) electrons. The quantitative estimate of drug-likeness (QED) is 0.668. The Hall–Kier alpha value is -2.93. The zero-order valence-corrected chi connectivity index (χ0v) is 15.8. The number of hydrogen-bond donors (Lipinski definition) is 1. The summed E-state index contributed by atoms with van der Waals surface area (Å²) in [4.78, 5) is 16.7. The largest absolute Gasteiger partial charge is 0.493 e. The van der Waals surface area contributed by atoms with Crippen molar-refractivity contribution >= 4 is 17.2 Å². The van der Waals surface area contributed by atoms with E-state index in [9.17, 15) is 9.18 Å². The molecule has 140 valence electrons. The van der Waals surface area contributed by atoms with Gasteiger partial charge in [0.1, 0.15) is 16.5 Å². The molecule has 0 saturated heterocycles. The van der Waals surface area contributed by atoms with E-state index in [0.717, 1.165) is 5.56 Å². The number of halogens is 1. The first-order valence-corrected chi connectivity index (χ1v) is 9.20. The molecule has 0 bridgehead atoms. The molecular formula is C20H19FN2O3S. The second-order valence-electron chi connectivity index (χ2n) is 5.68. The Balaban J connectivity index is 1.69. The van der Waals surface area contributed by atoms with Gasteiger partial charge in [-0.05, 0) is 30.2 Å². The summed E-state index contributed by atoms with van der Waals surface area (Å²) in [6.07, 6.45) is 0.416. The third kappa shape index (κ3) is 4.25. The van der Waals surface area contributed by atoms with Crippen LogP contribution in [0.25, 0.3) is 10.6 Å². The minimum atomic E-state index is -0.296. The van der Waals surface area contributed by atoms with Gasteiger partial charge in [0.2, 0.25) is 0 Å². The third-order valence-electron chi connectivity index (χ3n) is 4.01. The maximum absolute atomic E-state index is 13.6. The van der Waals surface area contributed by atoms with E-state index in [1.165, 1.54) is 17.4 Å². The molecule has 1 aromatic heterocycles. The third-order valence-corrected chi connectivity index (χ3v) is 4.88. The van der Waals surface area contributed by atoms with Crippen molar-refractivity contribution in [3.05, 3.63) is 64.9 Å². The summed E-state index contributed by atoms with van der Waals surface area (Å²) in [5.74, 6) is 0.602. The fourth-order valence-electron chi connectivity index (χ4n) is 2.66. The minimum Gasteiger partial charge on any atom is -0.493 e. The number of rotatable bonds is 7. The molecule has 1 amide bonds. The molecule has 0 atom stereocenters. The zero-order valence-electron chi connectivity index (χ0n) is 15.0. The topological polar surface area (TPSA) is 60.5 Å². The summed E-state index contributed by atoms with van der Waals surface area (Å²) in [5, 5.41) is 5.12. The normalized spacial score (nSPS) is 10.5. The number of aromatic nitrogens is 1. The minimum absolute atomic E-state index is 0.271. The standard InChI is InChI=1S/C20H19FN2O3S/c1-25-17-9-5-7-14(18(17)26-2)20-23-16(12-27-20)19(24)22-11-10-13-6-3-4-8-15(13)21/h3-9,12H,10-11H2,1-2H3,(H,22,24). The van der Waals surface area contributed by atoms with Gasteiger partial charge in [0.05, 0.1) is 19.8 Å². The maximum Gasteiger partial charge on any atom is 0.270 e. The molecule has 5 nitrogen and oxygen atoms in total. The van der Waals surface area contributed by atoms with E-state index < -0.39 is 0 Å². The summed E-state index contributed by atoms with van der Waals surface area (Å²) in [6.45, 7) is 0.328. The smallest absolute Gasteiger partial charge is 0.270 e. The number of nitrogens with zero attached hydrogens (tertiary/aromatic N) is 1. The SMILES string of the molecule is COc1cccc(-c2nc(C(=O)NCCc3ccccc3F)cs2)c1OC. The van der Waals surface area contributed by atoms with Gasteiger partial charge in [0.15, 0.2) is 11.5 Å². The number of ether oxygens (including phenoxy) is 2. The van der Waals surface area contributed by atoms with Crippen molar-refractivity contribution in [1.82, 2.24) is 10.3 Å². The molecule has 1 N–H and O–H groups in total. The zero-order chi connectivity index (χ0) is 19.2. The van der Waals surface area contributed by atoms with Gasteiger partial charge >= 0.3 is 0 Å². The van der Waals surface area contributed by atoms with Gasteiger partial charge in [-0.25, -0.2) is 9.37 Å². The van der Waals surface area contributed by atoms with Gasteiger partial charge in [-0.3, -0.25) is 4.79 Å². The average Bonchev–Trinajstić information content (AvgIpc) is 3.18. The molecule has 0 aliphatic heterocycles. The van der Waals surface area contributed by atoms with E-state index in [4.69, 9.17) is 9.47 Å². The Labute approximate surface area is 160 Å². The predicted octanol–water partition coefficient (Wildman–Crippen LogP) is 3.94. The number of para-hydroxylation sites is 1. The number of benzene rings is 2. The van der Waals surface area contributed by atoms with Crippen LogP contribution in [0.2, 0.25) is 0 Å². The Kier molecular flexibility index (Phi) is 6.03. The van der Waals surface area contributed by atoms with Crippen LogP contribution in [-0.4, -0.2) is 31.7 Å².